The molecule has 0 atom stereocenters. The van der Waals surface area contributed by atoms with Crippen LogP contribution in [0, 0.1) is 5.82 Å². The molecule has 106 valence electrons. The van der Waals surface area contributed by atoms with Crippen molar-refractivity contribution in [1.82, 2.24) is 0 Å². The lowest BCUT2D eigenvalue weighted by atomic mass is 10.1. The van der Waals surface area contributed by atoms with E-state index in [0.717, 1.165) is 4.47 Å². The van der Waals surface area contributed by atoms with E-state index in [-0.39, 0.29) is 12.1 Å². The Morgan fingerprint density at radius 3 is 2.67 bits per heavy atom. The van der Waals surface area contributed by atoms with Crippen molar-refractivity contribution in [3.05, 3.63) is 62.8 Å². The maximum Gasteiger partial charge on any atom is 0.299 e. The van der Waals surface area contributed by atoms with E-state index in [1.807, 2.05) is 0 Å². The summed E-state index contributed by atoms with van der Waals surface area (Å²) in [6, 6.07) is 9.05. The number of hydrogen-bond acceptors (Lipinski definition) is 2. The molecule has 0 N–H and O–H groups in total. The Bertz CT molecular complexity index is 778. The lowest BCUT2D eigenvalue weighted by Gasteiger charge is -2.17. The van der Waals surface area contributed by atoms with Crippen molar-refractivity contribution in [2.45, 2.75) is 6.54 Å². The first-order chi connectivity index (χ1) is 9.97. The fraction of sp³-hybridized carbons (Fsp3) is 0.0667. The molecule has 2 aromatic carbocycles. The molecule has 0 unspecified atom stereocenters. The van der Waals surface area contributed by atoms with Gasteiger partial charge in [0.25, 0.3) is 11.7 Å². The molecule has 0 aliphatic carbocycles. The molecule has 1 heterocycles. The number of nitrogens with zero attached hydrogens (tertiary/aromatic N) is 1. The quantitative estimate of drug-likeness (QED) is 0.752. The molecule has 0 saturated carbocycles. The molecule has 1 aliphatic rings. The number of carbonyl (C=O) groups is 2. The van der Waals surface area contributed by atoms with Crippen LogP contribution < -0.4 is 4.90 Å². The van der Waals surface area contributed by atoms with Crippen LogP contribution in [0.4, 0.5) is 10.1 Å². The van der Waals surface area contributed by atoms with E-state index in [1.54, 1.807) is 18.2 Å². The van der Waals surface area contributed by atoms with Gasteiger partial charge in [0.05, 0.1) is 17.8 Å². The van der Waals surface area contributed by atoms with Crippen LogP contribution in [0.25, 0.3) is 0 Å². The molecule has 0 saturated heterocycles. The molecule has 6 heteroatoms. The Balaban J connectivity index is 2.04. The van der Waals surface area contributed by atoms with Crippen LogP contribution >= 0.6 is 27.5 Å². The molecule has 0 fully saturated rings. The maximum atomic E-state index is 13.8. The van der Waals surface area contributed by atoms with E-state index in [4.69, 9.17) is 11.6 Å². The molecule has 0 bridgehead atoms. The Kier molecular flexibility index (Phi) is 3.55. The fourth-order valence-electron chi connectivity index (χ4n) is 2.26. The number of halogens is 3. The monoisotopic (exact) mass is 367 g/mol. The van der Waals surface area contributed by atoms with Crippen LogP contribution in [0.5, 0.6) is 0 Å². The minimum absolute atomic E-state index is 0.0413. The number of carbonyl (C=O) groups excluding carboxylic acids is 2. The molecule has 1 amide bonds. The zero-order valence-corrected chi connectivity index (χ0v) is 12.9. The highest BCUT2D eigenvalue weighted by Crippen LogP contribution is 2.33. The highest BCUT2D eigenvalue weighted by molar-refractivity contribution is 9.10. The van der Waals surface area contributed by atoms with Crippen molar-refractivity contribution in [3.63, 3.8) is 0 Å². The van der Waals surface area contributed by atoms with E-state index in [1.165, 1.54) is 23.1 Å². The minimum Gasteiger partial charge on any atom is -0.300 e. The van der Waals surface area contributed by atoms with Gasteiger partial charge >= 0.3 is 0 Å². The summed E-state index contributed by atoms with van der Waals surface area (Å²) in [5, 5.41) is 0.374. The van der Waals surface area contributed by atoms with Gasteiger partial charge < -0.3 is 4.90 Å². The van der Waals surface area contributed by atoms with Gasteiger partial charge in [-0.25, -0.2) is 4.39 Å². The SMILES string of the molecule is O=C1C(=O)N(Cc2cc(Cl)ccc2F)c2cc(Br)ccc21. The highest BCUT2D eigenvalue weighted by atomic mass is 79.9. The van der Waals surface area contributed by atoms with Crippen LogP contribution in [0.1, 0.15) is 15.9 Å². The van der Waals surface area contributed by atoms with Crippen LogP contribution in [0.15, 0.2) is 40.9 Å². The van der Waals surface area contributed by atoms with Gasteiger partial charge in [0, 0.05) is 15.1 Å². The average molecular weight is 369 g/mol. The van der Waals surface area contributed by atoms with Crippen molar-refractivity contribution in [1.29, 1.82) is 0 Å². The summed E-state index contributed by atoms with van der Waals surface area (Å²) in [6.07, 6.45) is 0. The molecule has 21 heavy (non-hydrogen) atoms. The van der Waals surface area contributed by atoms with Crippen molar-refractivity contribution in [2.24, 2.45) is 0 Å². The van der Waals surface area contributed by atoms with E-state index >= 15 is 0 Å². The number of ketones is 1. The van der Waals surface area contributed by atoms with Gasteiger partial charge in [0.15, 0.2) is 0 Å². The van der Waals surface area contributed by atoms with E-state index in [9.17, 15) is 14.0 Å². The summed E-state index contributed by atoms with van der Waals surface area (Å²) in [7, 11) is 0. The Hall–Kier alpha value is -1.72. The third-order valence-electron chi connectivity index (χ3n) is 3.27. The summed E-state index contributed by atoms with van der Waals surface area (Å²) in [5.74, 6) is -1.72. The highest BCUT2D eigenvalue weighted by Gasteiger charge is 2.36. The number of fused-ring (bicyclic) bond motifs is 1. The Morgan fingerprint density at radius 2 is 1.90 bits per heavy atom. The first-order valence-electron chi connectivity index (χ1n) is 6.07. The third kappa shape index (κ3) is 2.47. The maximum absolute atomic E-state index is 13.8. The van der Waals surface area contributed by atoms with Crippen molar-refractivity contribution in [2.75, 3.05) is 4.90 Å². The number of hydrogen-bond donors (Lipinski definition) is 0. The van der Waals surface area contributed by atoms with E-state index in [2.05, 4.69) is 15.9 Å². The van der Waals surface area contributed by atoms with Crippen LogP contribution in [-0.4, -0.2) is 11.7 Å². The van der Waals surface area contributed by atoms with E-state index in [0.29, 0.717) is 16.3 Å². The van der Waals surface area contributed by atoms with Crippen molar-refractivity contribution >= 4 is 44.9 Å². The number of amides is 1. The first-order valence-corrected chi connectivity index (χ1v) is 7.24. The molecule has 3 nitrogen and oxygen atoms in total. The predicted octanol–water partition coefficient (Wildman–Crippen LogP) is 3.97. The second-order valence-electron chi connectivity index (χ2n) is 4.62. The standard InChI is InChI=1S/C15H8BrClFNO2/c16-9-1-3-11-13(6-9)19(15(21)14(11)20)7-8-5-10(17)2-4-12(8)18/h1-6H,7H2. The largest absolute Gasteiger partial charge is 0.300 e. The minimum atomic E-state index is -0.664. The number of anilines is 1. The lowest BCUT2D eigenvalue weighted by molar-refractivity contribution is -0.114. The van der Waals surface area contributed by atoms with Gasteiger partial charge in [-0.05, 0) is 36.4 Å². The van der Waals surface area contributed by atoms with Crippen molar-refractivity contribution in [3.8, 4) is 0 Å². The third-order valence-corrected chi connectivity index (χ3v) is 4.00. The van der Waals surface area contributed by atoms with Gasteiger partial charge in [-0.2, -0.15) is 0 Å². The molecular weight excluding hydrogens is 361 g/mol. The number of Topliss-reactive ketones (excluding diaryl/α,β-unsaturated/α-hetero) is 1. The zero-order chi connectivity index (χ0) is 15.1. The predicted molar refractivity (Wildman–Crippen MR) is 81.1 cm³/mol. The molecule has 1 aliphatic heterocycles. The summed E-state index contributed by atoms with van der Waals surface area (Å²) >= 11 is 9.15. The van der Waals surface area contributed by atoms with Gasteiger partial charge in [-0.3, -0.25) is 9.59 Å². The second kappa shape index (κ2) is 5.24. The van der Waals surface area contributed by atoms with Gasteiger partial charge in [0.1, 0.15) is 5.82 Å². The smallest absolute Gasteiger partial charge is 0.299 e. The Labute approximate surface area is 133 Å². The summed E-state index contributed by atoms with van der Waals surface area (Å²) < 4.78 is 14.5. The fourth-order valence-corrected chi connectivity index (χ4v) is 2.80. The summed E-state index contributed by atoms with van der Waals surface area (Å²) in [6.45, 7) is -0.0413. The molecule has 0 radical (unpaired) electrons. The van der Waals surface area contributed by atoms with Gasteiger partial charge in [-0.15, -0.1) is 0 Å². The van der Waals surface area contributed by atoms with Crippen LogP contribution in [0.3, 0.4) is 0 Å². The Morgan fingerprint density at radius 1 is 1.14 bits per heavy atom. The molecule has 0 aromatic heterocycles. The lowest BCUT2D eigenvalue weighted by Crippen LogP contribution is -2.29. The summed E-state index contributed by atoms with van der Waals surface area (Å²) in [4.78, 5) is 25.3. The molecule has 2 aromatic rings. The molecular formula is C15H8BrClFNO2. The van der Waals surface area contributed by atoms with Crippen LogP contribution in [-0.2, 0) is 11.3 Å². The molecule has 3 rings (SSSR count). The van der Waals surface area contributed by atoms with Gasteiger partial charge in [-0.1, -0.05) is 27.5 Å². The van der Waals surface area contributed by atoms with E-state index < -0.39 is 17.5 Å². The summed E-state index contributed by atoms with van der Waals surface area (Å²) in [5.41, 5.74) is 1.06. The van der Waals surface area contributed by atoms with Gasteiger partial charge in [0.2, 0.25) is 0 Å². The zero-order valence-electron chi connectivity index (χ0n) is 10.6. The second-order valence-corrected chi connectivity index (χ2v) is 5.97. The number of rotatable bonds is 2. The normalized spacial score (nSPS) is 13.8. The van der Waals surface area contributed by atoms with Crippen LogP contribution in [0.2, 0.25) is 5.02 Å². The molecule has 0 spiro atoms. The van der Waals surface area contributed by atoms with Crippen molar-refractivity contribution < 1.29 is 14.0 Å². The number of benzene rings is 2. The topological polar surface area (TPSA) is 37.4 Å². The average Bonchev–Trinajstić information content (AvgIpc) is 2.67. The first kappa shape index (κ1) is 14.2.